The van der Waals surface area contributed by atoms with Gasteiger partial charge in [-0.3, -0.25) is 0 Å². The van der Waals surface area contributed by atoms with Crippen LogP contribution in [0.5, 0.6) is 0 Å². The van der Waals surface area contributed by atoms with Crippen molar-refractivity contribution < 1.29 is 13.2 Å². The molecule has 0 fully saturated rings. The number of nitrogen functional groups attached to an aromatic ring is 3. The predicted octanol–water partition coefficient (Wildman–Crippen LogP) is -0.924. The molecule has 120 valence electrons. The molecule has 0 saturated heterocycles. The van der Waals surface area contributed by atoms with Crippen LogP contribution in [0.4, 0.5) is 17.8 Å². The minimum absolute atomic E-state index is 0.0417. The van der Waals surface area contributed by atoms with Gasteiger partial charge in [0.2, 0.25) is 27.9 Å². The van der Waals surface area contributed by atoms with E-state index in [0.717, 1.165) is 5.56 Å². The number of nitrogens with zero attached hydrogens (tertiary/aromatic N) is 3. The Kier molecular flexibility index (Phi) is 7.41. The van der Waals surface area contributed by atoms with Crippen LogP contribution in [-0.2, 0) is 14.8 Å². The quantitative estimate of drug-likeness (QED) is 0.511. The molecule has 11 heteroatoms. The molecule has 2 rings (SSSR count). The molecule has 0 atom stereocenters. The third kappa shape index (κ3) is 7.12. The third-order valence-electron chi connectivity index (χ3n) is 2.04. The van der Waals surface area contributed by atoms with Crippen molar-refractivity contribution in [1.82, 2.24) is 15.0 Å². The molecule has 1 aromatic carbocycles. The van der Waals surface area contributed by atoms with E-state index in [1.54, 1.807) is 12.1 Å². The molecule has 0 aliphatic rings. The van der Waals surface area contributed by atoms with Gasteiger partial charge in [0.05, 0.1) is 4.90 Å². The van der Waals surface area contributed by atoms with Crippen molar-refractivity contribution in [3.63, 3.8) is 0 Å². The van der Waals surface area contributed by atoms with Crippen LogP contribution in [-0.4, -0.2) is 30.2 Å². The predicted molar refractivity (Wildman–Crippen MR) is 82.7 cm³/mol. The molecule has 1 heterocycles. The summed E-state index contributed by atoms with van der Waals surface area (Å²) in [5, 5.41) is 4.88. The highest BCUT2D eigenvalue weighted by molar-refractivity contribution is 7.89. The Morgan fingerprint density at radius 1 is 0.864 bits per heavy atom. The maximum absolute atomic E-state index is 10.7. The van der Waals surface area contributed by atoms with E-state index in [0.29, 0.717) is 0 Å². The smallest absolute Gasteiger partial charge is 0.238 e. The first-order chi connectivity index (χ1) is 10.2. The Bertz CT molecular complexity index is 654. The zero-order chi connectivity index (χ0) is 17.3. The average Bonchev–Trinajstić information content (AvgIpc) is 2.39. The monoisotopic (exact) mass is 327 g/mol. The number of hydrogen-bond donors (Lipinski definition) is 4. The molecule has 2 aromatic rings. The molecule has 0 saturated carbocycles. The van der Waals surface area contributed by atoms with Crippen molar-refractivity contribution in [3.05, 3.63) is 29.8 Å². The van der Waals surface area contributed by atoms with Gasteiger partial charge in [-0.15, -0.1) is 0 Å². The van der Waals surface area contributed by atoms with Gasteiger partial charge in [0.15, 0.2) is 0 Å². The number of aryl methyl sites for hydroxylation is 1. The van der Waals surface area contributed by atoms with Gasteiger partial charge in [-0.1, -0.05) is 17.7 Å². The van der Waals surface area contributed by atoms with Crippen LogP contribution < -0.4 is 22.3 Å². The molecular formula is C11H17N7O3S. The zero-order valence-corrected chi connectivity index (χ0v) is 12.6. The van der Waals surface area contributed by atoms with Crippen molar-refractivity contribution in [2.45, 2.75) is 11.8 Å². The second-order valence-corrected chi connectivity index (χ2v) is 5.33. The lowest BCUT2D eigenvalue weighted by Gasteiger charge is -1.96. The maximum atomic E-state index is 10.7. The van der Waals surface area contributed by atoms with Gasteiger partial charge < -0.3 is 22.0 Å². The van der Waals surface area contributed by atoms with Crippen molar-refractivity contribution in [1.29, 1.82) is 0 Å². The molecule has 0 aliphatic heterocycles. The number of nitrogens with two attached hydrogens (primary N) is 4. The van der Waals surface area contributed by atoms with Crippen LogP contribution in [0.25, 0.3) is 0 Å². The summed E-state index contributed by atoms with van der Waals surface area (Å²) < 4.78 is 21.4. The van der Waals surface area contributed by atoms with E-state index in [9.17, 15) is 8.42 Å². The van der Waals surface area contributed by atoms with Crippen LogP contribution in [0.15, 0.2) is 29.2 Å². The second kappa shape index (κ2) is 8.49. The largest absolute Gasteiger partial charge is 0.368 e. The summed E-state index contributed by atoms with van der Waals surface area (Å²) in [6.07, 6.45) is 0. The Hall–Kier alpha value is -2.79. The zero-order valence-electron chi connectivity index (χ0n) is 11.8. The summed E-state index contributed by atoms with van der Waals surface area (Å²) in [5.41, 5.74) is 16.4. The van der Waals surface area contributed by atoms with E-state index in [1.165, 1.54) is 12.1 Å². The van der Waals surface area contributed by atoms with Crippen LogP contribution in [0.3, 0.4) is 0 Å². The van der Waals surface area contributed by atoms with E-state index < -0.39 is 10.0 Å². The minimum atomic E-state index is -3.52. The Labute approximate surface area is 127 Å². The number of carbonyl (C=O) groups excluding carboxylic acids is 1. The topological polar surface area (TPSA) is 194 Å². The maximum Gasteiger partial charge on any atom is 0.238 e. The number of hydrogen-bond acceptors (Lipinski definition) is 9. The van der Waals surface area contributed by atoms with E-state index in [2.05, 4.69) is 15.0 Å². The molecule has 0 unspecified atom stereocenters. The Morgan fingerprint density at radius 3 is 1.45 bits per heavy atom. The molecular weight excluding hydrogens is 310 g/mol. The summed E-state index contributed by atoms with van der Waals surface area (Å²) in [4.78, 5) is 18.6. The highest BCUT2D eigenvalue weighted by Gasteiger charge is 2.04. The first-order valence-corrected chi connectivity index (χ1v) is 7.14. The van der Waals surface area contributed by atoms with Gasteiger partial charge in [0.1, 0.15) is 6.79 Å². The van der Waals surface area contributed by atoms with Gasteiger partial charge in [-0.25, -0.2) is 13.6 Å². The molecule has 0 spiro atoms. The van der Waals surface area contributed by atoms with E-state index in [1.807, 2.05) is 13.7 Å². The number of rotatable bonds is 1. The van der Waals surface area contributed by atoms with E-state index in [-0.39, 0.29) is 22.7 Å². The van der Waals surface area contributed by atoms with Crippen molar-refractivity contribution >= 4 is 34.7 Å². The second-order valence-electron chi connectivity index (χ2n) is 3.77. The summed E-state index contributed by atoms with van der Waals surface area (Å²) in [6, 6.07) is 6.40. The minimum Gasteiger partial charge on any atom is -0.368 e. The lowest BCUT2D eigenvalue weighted by Crippen LogP contribution is -2.11. The number of primary sulfonamides is 1. The fourth-order valence-corrected chi connectivity index (χ4v) is 1.67. The molecule has 0 aliphatic carbocycles. The number of benzene rings is 1. The lowest BCUT2D eigenvalue weighted by atomic mass is 10.2. The van der Waals surface area contributed by atoms with Crippen molar-refractivity contribution in [3.8, 4) is 0 Å². The van der Waals surface area contributed by atoms with Gasteiger partial charge in [0, 0.05) is 0 Å². The first kappa shape index (κ1) is 19.2. The third-order valence-corrected chi connectivity index (χ3v) is 2.97. The number of anilines is 3. The van der Waals surface area contributed by atoms with Crippen molar-refractivity contribution in [2.75, 3.05) is 17.2 Å². The summed E-state index contributed by atoms with van der Waals surface area (Å²) in [6.45, 7) is 3.88. The molecule has 10 nitrogen and oxygen atoms in total. The van der Waals surface area contributed by atoms with Crippen LogP contribution in [0, 0.1) is 6.92 Å². The SMILES string of the molecule is C=O.Cc1ccc(S(N)(=O)=O)cc1.Nc1nc(N)nc(N)n1. The number of sulfonamides is 1. The van der Waals surface area contributed by atoms with Crippen LogP contribution in [0.1, 0.15) is 5.56 Å². The summed E-state index contributed by atoms with van der Waals surface area (Å²) in [7, 11) is -3.52. The first-order valence-electron chi connectivity index (χ1n) is 5.59. The van der Waals surface area contributed by atoms with Gasteiger partial charge in [0.25, 0.3) is 0 Å². The molecule has 1 aromatic heterocycles. The molecule has 22 heavy (non-hydrogen) atoms. The summed E-state index contributed by atoms with van der Waals surface area (Å²) in [5.74, 6) is 0.125. The van der Waals surface area contributed by atoms with E-state index in [4.69, 9.17) is 27.1 Å². The normalized spacial score (nSPS) is 9.73. The van der Waals surface area contributed by atoms with Crippen LogP contribution >= 0.6 is 0 Å². The average molecular weight is 327 g/mol. The standard InChI is InChI=1S/C7H9NO2S.C3H6N6.CH2O/c1-6-2-4-7(5-3-6)11(8,9)10;4-1-7-2(5)9-3(6)8-1;1-2/h2-5H,1H3,(H2,8,9,10);(H6,4,5,6,7,8,9);1H2. The van der Waals surface area contributed by atoms with Crippen LogP contribution in [0.2, 0.25) is 0 Å². The lowest BCUT2D eigenvalue weighted by molar-refractivity contribution is -0.0979. The summed E-state index contributed by atoms with van der Waals surface area (Å²) >= 11 is 0. The fraction of sp³-hybridized carbons (Fsp3) is 0.0909. The van der Waals surface area contributed by atoms with Crippen molar-refractivity contribution in [2.24, 2.45) is 5.14 Å². The molecule has 0 radical (unpaired) electrons. The molecule has 0 bridgehead atoms. The number of carbonyl (C=O) groups is 1. The molecule has 8 N–H and O–H groups in total. The van der Waals surface area contributed by atoms with Gasteiger partial charge in [-0.2, -0.15) is 15.0 Å². The number of aromatic nitrogens is 3. The Morgan fingerprint density at radius 2 is 1.18 bits per heavy atom. The van der Waals surface area contributed by atoms with Gasteiger partial charge >= 0.3 is 0 Å². The highest BCUT2D eigenvalue weighted by Crippen LogP contribution is 2.06. The van der Waals surface area contributed by atoms with E-state index >= 15 is 0 Å². The fourth-order valence-electron chi connectivity index (χ4n) is 1.16. The van der Waals surface area contributed by atoms with Gasteiger partial charge in [-0.05, 0) is 19.1 Å². The highest BCUT2D eigenvalue weighted by atomic mass is 32.2. The molecule has 0 amide bonds. The Balaban J connectivity index is 0.000000366.